The second-order valence-corrected chi connectivity index (χ2v) is 3.41. The van der Waals surface area contributed by atoms with E-state index in [-0.39, 0.29) is 0 Å². The molecular formula is C10H17N3. The lowest BCUT2D eigenvalue weighted by atomic mass is 10.3. The van der Waals surface area contributed by atoms with Gasteiger partial charge in [0.15, 0.2) is 0 Å². The Balaban J connectivity index is 2.79. The van der Waals surface area contributed by atoms with E-state index in [0.29, 0.717) is 6.04 Å². The Morgan fingerprint density at radius 1 is 1.69 bits per heavy atom. The third-order valence-electron chi connectivity index (χ3n) is 2.14. The number of allylic oxidation sites excluding steroid dienone is 1. The number of nitrogens with one attached hydrogen (secondary N) is 1. The van der Waals surface area contributed by atoms with E-state index in [9.17, 15) is 0 Å². The van der Waals surface area contributed by atoms with Gasteiger partial charge in [0.05, 0.1) is 12.4 Å². The normalized spacial score (nSPS) is 30.7. The highest BCUT2D eigenvalue weighted by Crippen LogP contribution is 2.01. The van der Waals surface area contributed by atoms with Crippen molar-refractivity contribution in [2.24, 2.45) is 4.99 Å². The van der Waals surface area contributed by atoms with Gasteiger partial charge in [0.1, 0.15) is 0 Å². The van der Waals surface area contributed by atoms with Crippen molar-refractivity contribution in [3.63, 3.8) is 0 Å². The SMILES string of the molecule is C=C1/C=C\N(C)C(C)C/N=C(\C)N1. The van der Waals surface area contributed by atoms with Crippen LogP contribution in [0, 0.1) is 0 Å². The first-order chi connectivity index (χ1) is 6.09. The summed E-state index contributed by atoms with van der Waals surface area (Å²) in [5.74, 6) is 0.928. The fraction of sp³-hybridized carbons (Fsp3) is 0.500. The average Bonchev–Trinajstić information content (AvgIpc) is 2.12. The minimum atomic E-state index is 0.430. The summed E-state index contributed by atoms with van der Waals surface area (Å²) in [6.07, 6.45) is 3.98. The molecule has 0 radical (unpaired) electrons. The molecule has 1 aliphatic heterocycles. The van der Waals surface area contributed by atoms with Crippen LogP contribution in [0.5, 0.6) is 0 Å². The smallest absolute Gasteiger partial charge is 0.0976 e. The number of nitrogens with zero attached hydrogens (tertiary/aromatic N) is 2. The number of hydrogen-bond donors (Lipinski definition) is 1. The maximum absolute atomic E-state index is 4.39. The van der Waals surface area contributed by atoms with Crippen LogP contribution < -0.4 is 5.32 Å². The van der Waals surface area contributed by atoms with Gasteiger partial charge in [0, 0.05) is 25.0 Å². The molecule has 1 atom stereocenters. The van der Waals surface area contributed by atoms with Gasteiger partial charge < -0.3 is 10.2 Å². The van der Waals surface area contributed by atoms with Crippen molar-refractivity contribution in [2.45, 2.75) is 19.9 Å². The molecule has 0 fully saturated rings. The van der Waals surface area contributed by atoms with E-state index in [1.54, 1.807) is 0 Å². The predicted octanol–water partition coefficient (Wildman–Crippen LogP) is 1.36. The second-order valence-electron chi connectivity index (χ2n) is 3.41. The number of likely N-dealkylation sites (N-methyl/N-ethyl adjacent to an activating group) is 1. The van der Waals surface area contributed by atoms with Gasteiger partial charge in [-0.15, -0.1) is 0 Å². The van der Waals surface area contributed by atoms with Crippen molar-refractivity contribution in [1.29, 1.82) is 0 Å². The van der Waals surface area contributed by atoms with Crippen molar-refractivity contribution in [2.75, 3.05) is 13.6 Å². The molecule has 0 saturated carbocycles. The third-order valence-corrected chi connectivity index (χ3v) is 2.14. The summed E-state index contributed by atoms with van der Waals surface area (Å²) in [6.45, 7) is 8.78. The van der Waals surface area contributed by atoms with Crippen LogP contribution >= 0.6 is 0 Å². The highest BCUT2D eigenvalue weighted by molar-refractivity contribution is 5.81. The van der Waals surface area contributed by atoms with Crippen LogP contribution in [0.1, 0.15) is 13.8 Å². The van der Waals surface area contributed by atoms with Crippen molar-refractivity contribution >= 4 is 5.84 Å². The van der Waals surface area contributed by atoms with E-state index in [1.165, 1.54) is 0 Å². The van der Waals surface area contributed by atoms with Crippen molar-refractivity contribution < 1.29 is 0 Å². The van der Waals surface area contributed by atoms with Crippen LogP contribution in [0.3, 0.4) is 0 Å². The minimum absolute atomic E-state index is 0.430. The molecule has 1 N–H and O–H groups in total. The maximum Gasteiger partial charge on any atom is 0.0976 e. The molecular weight excluding hydrogens is 162 g/mol. The van der Waals surface area contributed by atoms with Gasteiger partial charge in [0.2, 0.25) is 0 Å². The minimum Gasteiger partial charge on any atom is -0.376 e. The first-order valence-corrected chi connectivity index (χ1v) is 4.46. The largest absolute Gasteiger partial charge is 0.376 e. The fourth-order valence-corrected chi connectivity index (χ4v) is 1.07. The number of rotatable bonds is 0. The summed E-state index contributed by atoms with van der Waals surface area (Å²) in [4.78, 5) is 6.52. The summed E-state index contributed by atoms with van der Waals surface area (Å²) < 4.78 is 0. The fourth-order valence-electron chi connectivity index (χ4n) is 1.07. The average molecular weight is 179 g/mol. The molecule has 1 heterocycles. The number of amidine groups is 1. The van der Waals surface area contributed by atoms with Crippen LogP contribution in [0.2, 0.25) is 0 Å². The van der Waals surface area contributed by atoms with Crippen LogP contribution in [-0.2, 0) is 0 Å². The molecule has 0 aromatic rings. The van der Waals surface area contributed by atoms with Crippen LogP contribution in [0.25, 0.3) is 0 Å². The van der Waals surface area contributed by atoms with Gasteiger partial charge in [-0.2, -0.15) is 0 Å². The highest BCUT2D eigenvalue weighted by atomic mass is 15.1. The van der Waals surface area contributed by atoms with Crippen molar-refractivity contribution in [1.82, 2.24) is 10.2 Å². The zero-order valence-corrected chi connectivity index (χ0v) is 8.54. The van der Waals surface area contributed by atoms with E-state index in [1.807, 2.05) is 26.2 Å². The Bertz CT molecular complexity index is 253. The van der Waals surface area contributed by atoms with Crippen molar-refractivity contribution in [3.8, 4) is 0 Å². The van der Waals surface area contributed by atoms with Crippen LogP contribution in [-0.4, -0.2) is 30.4 Å². The summed E-state index contributed by atoms with van der Waals surface area (Å²) in [5.41, 5.74) is 0.877. The first kappa shape index (κ1) is 9.84. The zero-order valence-electron chi connectivity index (χ0n) is 8.54. The Kier molecular flexibility index (Phi) is 3.12. The summed E-state index contributed by atoms with van der Waals surface area (Å²) in [5, 5.41) is 3.10. The van der Waals surface area contributed by atoms with E-state index in [4.69, 9.17) is 0 Å². The molecule has 3 heteroatoms. The van der Waals surface area contributed by atoms with Gasteiger partial charge in [-0.05, 0) is 19.9 Å². The summed E-state index contributed by atoms with van der Waals surface area (Å²) in [7, 11) is 2.05. The molecule has 0 aromatic heterocycles. The molecule has 3 nitrogen and oxygen atoms in total. The molecule has 0 spiro atoms. The molecule has 0 bridgehead atoms. The molecule has 72 valence electrons. The van der Waals surface area contributed by atoms with Gasteiger partial charge in [-0.1, -0.05) is 6.58 Å². The molecule has 0 aromatic carbocycles. The Morgan fingerprint density at radius 3 is 3.08 bits per heavy atom. The molecule has 0 amide bonds. The van der Waals surface area contributed by atoms with Crippen molar-refractivity contribution in [3.05, 3.63) is 24.6 Å². The molecule has 1 unspecified atom stereocenters. The number of aliphatic imine (C=N–C) groups is 1. The number of hydrogen-bond acceptors (Lipinski definition) is 3. The quantitative estimate of drug-likeness (QED) is 0.608. The van der Waals surface area contributed by atoms with Gasteiger partial charge >= 0.3 is 0 Å². The molecule has 1 aliphatic rings. The Hall–Kier alpha value is -1.25. The Labute approximate surface area is 79.8 Å². The highest BCUT2D eigenvalue weighted by Gasteiger charge is 2.06. The predicted molar refractivity (Wildman–Crippen MR) is 56.6 cm³/mol. The molecule has 1 rings (SSSR count). The monoisotopic (exact) mass is 179 g/mol. The second kappa shape index (κ2) is 4.12. The summed E-state index contributed by atoms with van der Waals surface area (Å²) >= 11 is 0. The van der Waals surface area contributed by atoms with Gasteiger partial charge in [-0.3, -0.25) is 4.99 Å². The van der Waals surface area contributed by atoms with Gasteiger partial charge in [0.25, 0.3) is 0 Å². The topological polar surface area (TPSA) is 27.6 Å². The first-order valence-electron chi connectivity index (χ1n) is 4.46. The van der Waals surface area contributed by atoms with Gasteiger partial charge in [-0.25, -0.2) is 0 Å². The standard InChI is InChI=1S/C10H17N3/c1-8-5-6-13(4)9(2)7-11-10(3)12-8/h5-6,9H,1,7H2,2-4H3,(H,11,12)/b6-5-. The maximum atomic E-state index is 4.39. The molecule has 0 saturated heterocycles. The lowest BCUT2D eigenvalue weighted by Gasteiger charge is -2.20. The van der Waals surface area contributed by atoms with E-state index >= 15 is 0 Å². The lowest BCUT2D eigenvalue weighted by Crippen LogP contribution is -2.26. The van der Waals surface area contributed by atoms with E-state index in [0.717, 1.165) is 18.1 Å². The zero-order chi connectivity index (χ0) is 9.84. The van der Waals surface area contributed by atoms with Crippen LogP contribution in [0.4, 0.5) is 0 Å². The third kappa shape index (κ3) is 2.93. The lowest BCUT2D eigenvalue weighted by molar-refractivity contribution is 0.359. The van der Waals surface area contributed by atoms with E-state index in [2.05, 4.69) is 28.7 Å². The Morgan fingerprint density at radius 2 is 2.38 bits per heavy atom. The molecule has 0 aliphatic carbocycles. The molecule has 13 heavy (non-hydrogen) atoms. The van der Waals surface area contributed by atoms with E-state index < -0.39 is 0 Å². The van der Waals surface area contributed by atoms with Crippen LogP contribution in [0.15, 0.2) is 29.5 Å². The summed E-state index contributed by atoms with van der Waals surface area (Å²) in [6, 6.07) is 0.430.